The first kappa shape index (κ1) is 33.7. The first-order valence-corrected chi connectivity index (χ1v) is 14.6. The summed E-state index contributed by atoms with van der Waals surface area (Å²) in [6.45, 7) is 20.4. The summed E-state index contributed by atoms with van der Waals surface area (Å²) in [6, 6.07) is 9.09. The topological polar surface area (TPSA) is 97.4 Å². The van der Waals surface area contributed by atoms with Crippen molar-refractivity contribution in [2.24, 2.45) is 16.2 Å². The van der Waals surface area contributed by atoms with E-state index < -0.39 is 34.3 Å². The summed E-state index contributed by atoms with van der Waals surface area (Å²) in [7, 11) is 1.59. The summed E-state index contributed by atoms with van der Waals surface area (Å²) in [6.07, 6.45) is 2.66. The minimum Gasteiger partial charge on any atom is -0.493 e. The average molecular weight is 595 g/mol. The van der Waals surface area contributed by atoms with Gasteiger partial charge >= 0.3 is 17.9 Å². The van der Waals surface area contributed by atoms with Crippen molar-refractivity contribution in [2.75, 3.05) is 13.7 Å². The quantitative estimate of drug-likeness (QED) is 0.127. The number of ether oxygens (including phenoxy) is 5. The molecule has 0 aromatic heterocycles. The van der Waals surface area contributed by atoms with Crippen LogP contribution in [0.3, 0.4) is 0 Å². The average Bonchev–Trinajstić information content (AvgIpc) is 3.28. The molecule has 0 N–H and O–H groups in total. The smallest absolute Gasteiger partial charge is 0.316 e. The predicted molar refractivity (Wildman–Crippen MR) is 165 cm³/mol. The number of benzene rings is 2. The predicted octanol–water partition coefficient (Wildman–Crippen LogP) is 7.52. The van der Waals surface area contributed by atoms with Crippen LogP contribution < -0.4 is 18.9 Å². The Balaban J connectivity index is 1.92. The molecule has 0 saturated heterocycles. The number of carbonyl (C=O) groups excluding carboxylic acids is 3. The van der Waals surface area contributed by atoms with E-state index in [1.165, 1.54) is 0 Å². The Morgan fingerprint density at radius 1 is 0.814 bits per heavy atom. The molecule has 1 heterocycles. The number of rotatable bonds is 9. The van der Waals surface area contributed by atoms with Gasteiger partial charge in [0.2, 0.25) is 0 Å². The summed E-state index contributed by atoms with van der Waals surface area (Å²) in [4.78, 5) is 37.7. The molecule has 2 aromatic carbocycles. The largest absolute Gasteiger partial charge is 0.493 e. The molecule has 0 spiro atoms. The van der Waals surface area contributed by atoms with E-state index in [0.717, 1.165) is 11.1 Å². The fourth-order valence-corrected chi connectivity index (χ4v) is 4.27. The Kier molecular flexibility index (Phi) is 10.0. The van der Waals surface area contributed by atoms with E-state index in [1.54, 1.807) is 66.9 Å². The molecular formula is C35H46O8. The van der Waals surface area contributed by atoms with Gasteiger partial charge in [-0.25, -0.2) is 0 Å². The van der Waals surface area contributed by atoms with Crippen molar-refractivity contribution in [3.8, 4) is 23.0 Å². The van der Waals surface area contributed by atoms with Crippen molar-refractivity contribution in [1.82, 2.24) is 0 Å². The van der Waals surface area contributed by atoms with Crippen molar-refractivity contribution >= 4 is 17.9 Å². The lowest BCUT2D eigenvalue weighted by Gasteiger charge is -2.22. The third kappa shape index (κ3) is 8.18. The summed E-state index contributed by atoms with van der Waals surface area (Å²) in [5.74, 6) is 0.0972. The highest BCUT2D eigenvalue weighted by molar-refractivity contribution is 5.81. The zero-order valence-corrected chi connectivity index (χ0v) is 27.2. The zero-order valence-electron chi connectivity index (χ0n) is 27.2. The molecule has 8 heteroatoms. The molecule has 0 unspecified atom stereocenters. The van der Waals surface area contributed by atoms with Crippen molar-refractivity contribution in [1.29, 1.82) is 0 Å². The number of esters is 3. The molecular weight excluding hydrogens is 548 g/mol. The molecule has 0 bridgehead atoms. The fraction of sp³-hybridized carbons (Fsp3) is 0.514. The van der Waals surface area contributed by atoms with Gasteiger partial charge in [0.1, 0.15) is 6.10 Å². The number of aryl methyl sites for hydroxylation is 1. The van der Waals surface area contributed by atoms with Crippen LogP contribution in [0.4, 0.5) is 0 Å². The van der Waals surface area contributed by atoms with Crippen LogP contribution in [0.2, 0.25) is 0 Å². The summed E-state index contributed by atoms with van der Waals surface area (Å²) in [5.41, 5.74) is 0.570. The molecule has 0 aliphatic carbocycles. The second-order valence-electron chi connectivity index (χ2n) is 14.0. The van der Waals surface area contributed by atoms with Gasteiger partial charge < -0.3 is 23.7 Å². The van der Waals surface area contributed by atoms with Crippen LogP contribution in [0.15, 0.2) is 43.0 Å². The maximum atomic E-state index is 12.9. The molecule has 234 valence electrons. The van der Waals surface area contributed by atoms with Gasteiger partial charge in [-0.15, -0.1) is 6.58 Å². The first-order chi connectivity index (χ1) is 19.9. The normalized spacial score (nSPS) is 16.5. The minimum atomic E-state index is -0.778. The first-order valence-electron chi connectivity index (χ1n) is 14.6. The van der Waals surface area contributed by atoms with E-state index in [9.17, 15) is 14.4 Å². The Bertz CT molecular complexity index is 1370. The van der Waals surface area contributed by atoms with Crippen LogP contribution in [0.25, 0.3) is 0 Å². The van der Waals surface area contributed by atoms with Gasteiger partial charge in [0.15, 0.2) is 23.0 Å². The SMILES string of the molecule is C=C[C@@H]1c2cc(CCCOC(=O)C(C)(C)C)cc(OC)c2O[C@H]1c1ccc(OC(=O)C(C)(C)C)c(OC(=O)C(C)(C)C)c1. The second-order valence-corrected chi connectivity index (χ2v) is 14.0. The number of carbonyl (C=O) groups is 3. The van der Waals surface area contributed by atoms with Gasteiger partial charge in [0.05, 0.1) is 30.0 Å². The van der Waals surface area contributed by atoms with E-state index in [4.69, 9.17) is 23.7 Å². The number of hydrogen-bond acceptors (Lipinski definition) is 8. The van der Waals surface area contributed by atoms with Gasteiger partial charge in [-0.1, -0.05) is 18.2 Å². The molecule has 0 fully saturated rings. The standard InChI is InChI=1S/C35H46O8/c1-12-23-24-18-21(14-13-17-40-30(36)33(2,3)4)19-27(39-11)29(24)43-28(23)22-15-16-25(41-31(37)34(5,6)7)26(20-22)42-32(38)35(8,9)10/h12,15-16,18-20,23,28H,1,13-14,17H2,2-11H3/t23-,28+/m1/s1. The van der Waals surface area contributed by atoms with Crippen LogP contribution in [0.5, 0.6) is 23.0 Å². The van der Waals surface area contributed by atoms with E-state index in [0.29, 0.717) is 36.5 Å². The Hall–Kier alpha value is -3.81. The second kappa shape index (κ2) is 12.8. The monoisotopic (exact) mass is 594 g/mol. The molecule has 0 saturated carbocycles. The Morgan fingerprint density at radius 2 is 1.40 bits per heavy atom. The van der Waals surface area contributed by atoms with Gasteiger partial charge in [-0.05, 0) is 104 Å². The van der Waals surface area contributed by atoms with Crippen molar-refractivity contribution in [3.63, 3.8) is 0 Å². The van der Waals surface area contributed by atoms with Crippen molar-refractivity contribution in [2.45, 2.75) is 87.2 Å². The van der Waals surface area contributed by atoms with Gasteiger partial charge in [0, 0.05) is 11.5 Å². The lowest BCUT2D eigenvalue weighted by atomic mass is 9.89. The Morgan fingerprint density at radius 3 is 1.93 bits per heavy atom. The van der Waals surface area contributed by atoms with Crippen LogP contribution >= 0.6 is 0 Å². The molecule has 0 radical (unpaired) electrons. The zero-order chi connectivity index (χ0) is 32.3. The maximum absolute atomic E-state index is 12.9. The van der Waals surface area contributed by atoms with Crippen LogP contribution in [-0.4, -0.2) is 31.6 Å². The lowest BCUT2D eigenvalue weighted by molar-refractivity contribution is -0.153. The number of methoxy groups -OCH3 is 1. The van der Waals surface area contributed by atoms with Crippen LogP contribution in [0.1, 0.15) is 97.4 Å². The van der Waals surface area contributed by atoms with Gasteiger partial charge in [0.25, 0.3) is 0 Å². The summed E-state index contributed by atoms with van der Waals surface area (Å²) < 4.78 is 29.0. The fourth-order valence-electron chi connectivity index (χ4n) is 4.27. The maximum Gasteiger partial charge on any atom is 0.316 e. The molecule has 2 aromatic rings. The molecule has 2 atom stereocenters. The minimum absolute atomic E-state index is 0.134. The Labute approximate surface area is 255 Å². The summed E-state index contributed by atoms with van der Waals surface area (Å²) >= 11 is 0. The lowest BCUT2D eigenvalue weighted by Crippen LogP contribution is -2.28. The van der Waals surface area contributed by atoms with Crippen molar-refractivity contribution < 1.29 is 38.1 Å². The number of fused-ring (bicyclic) bond motifs is 1. The third-order valence-corrected chi connectivity index (χ3v) is 6.93. The number of hydrogen-bond donors (Lipinski definition) is 0. The highest BCUT2D eigenvalue weighted by Crippen LogP contribution is 2.52. The molecule has 8 nitrogen and oxygen atoms in total. The van der Waals surface area contributed by atoms with Crippen LogP contribution in [0, 0.1) is 16.2 Å². The van der Waals surface area contributed by atoms with Gasteiger partial charge in [-0.3, -0.25) is 14.4 Å². The molecule has 1 aliphatic rings. The highest BCUT2D eigenvalue weighted by atomic mass is 16.6. The third-order valence-electron chi connectivity index (χ3n) is 6.93. The molecule has 43 heavy (non-hydrogen) atoms. The molecule has 1 aliphatic heterocycles. The van der Waals surface area contributed by atoms with E-state index >= 15 is 0 Å². The molecule has 0 amide bonds. The highest BCUT2D eigenvalue weighted by Gasteiger charge is 2.37. The van der Waals surface area contributed by atoms with Gasteiger partial charge in [-0.2, -0.15) is 0 Å². The van der Waals surface area contributed by atoms with E-state index in [2.05, 4.69) is 12.6 Å². The molecule has 3 rings (SSSR count). The van der Waals surface area contributed by atoms with E-state index in [1.807, 2.05) is 32.9 Å². The van der Waals surface area contributed by atoms with E-state index in [-0.39, 0.29) is 23.4 Å². The summed E-state index contributed by atoms with van der Waals surface area (Å²) in [5, 5.41) is 0. The van der Waals surface area contributed by atoms with Crippen LogP contribution in [-0.2, 0) is 25.5 Å². The van der Waals surface area contributed by atoms with Crippen molar-refractivity contribution in [3.05, 3.63) is 59.7 Å².